The molecule has 2 N–H and O–H groups in total. The average Bonchev–Trinajstić information content (AvgIpc) is 3.45. The van der Waals surface area contributed by atoms with Crippen molar-refractivity contribution in [3.05, 3.63) is 60.9 Å². The predicted molar refractivity (Wildman–Crippen MR) is 155 cm³/mol. The monoisotopic (exact) mass is 539 g/mol. The van der Waals surface area contributed by atoms with Crippen molar-refractivity contribution in [3.63, 3.8) is 0 Å². The van der Waals surface area contributed by atoms with Crippen molar-refractivity contribution in [2.75, 3.05) is 44.8 Å². The van der Waals surface area contributed by atoms with Crippen LogP contribution in [0.2, 0.25) is 0 Å². The van der Waals surface area contributed by atoms with Crippen molar-refractivity contribution in [2.45, 2.75) is 26.3 Å². The topological polar surface area (TPSA) is 110 Å². The molecule has 1 unspecified atom stereocenters. The molecule has 6 rings (SSSR count). The Morgan fingerprint density at radius 1 is 1.07 bits per heavy atom. The van der Waals surface area contributed by atoms with Crippen molar-refractivity contribution in [1.29, 1.82) is 0 Å². The Labute approximate surface area is 232 Å². The van der Waals surface area contributed by atoms with Gasteiger partial charge in [-0.25, -0.2) is 15.0 Å². The Morgan fingerprint density at radius 3 is 2.90 bits per heavy atom. The van der Waals surface area contributed by atoms with Gasteiger partial charge in [0.2, 0.25) is 0 Å². The average molecular weight is 540 g/mol. The summed E-state index contributed by atoms with van der Waals surface area (Å²) in [5.74, 6) is 2.83. The third kappa shape index (κ3) is 5.83. The molecule has 0 radical (unpaired) electrons. The second kappa shape index (κ2) is 11.8. The van der Waals surface area contributed by atoms with Gasteiger partial charge in [-0.2, -0.15) is 5.10 Å². The molecule has 1 saturated heterocycles. The summed E-state index contributed by atoms with van der Waals surface area (Å²) in [5.41, 5.74) is 3.21. The van der Waals surface area contributed by atoms with E-state index >= 15 is 0 Å². The predicted octanol–water partition coefficient (Wildman–Crippen LogP) is 5.20. The number of aromatic nitrogens is 5. The molecule has 0 amide bonds. The number of anilines is 2. The molecule has 2 aromatic carbocycles. The highest BCUT2D eigenvalue weighted by Gasteiger charge is 2.18. The van der Waals surface area contributed by atoms with Gasteiger partial charge < -0.3 is 19.5 Å². The summed E-state index contributed by atoms with van der Waals surface area (Å²) in [6.45, 7) is 8.97. The van der Waals surface area contributed by atoms with Crippen LogP contribution in [0.4, 0.5) is 11.5 Å². The lowest BCUT2D eigenvalue weighted by molar-refractivity contribution is -0.00200. The van der Waals surface area contributed by atoms with Crippen LogP contribution in [0.15, 0.2) is 60.9 Å². The zero-order valence-corrected chi connectivity index (χ0v) is 22.8. The Bertz CT molecular complexity index is 1610. The first-order valence-corrected chi connectivity index (χ1v) is 13.7. The van der Waals surface area contributed by atoms with E-state index in [9.17, 15) is 0 Å². The van der Waals surface area contributed by atoms with E-state index < -0.39 is 0 Å². The third-order valence-corrected chi connectivity index (χ3v) is 6.99. The number of fused-ring (bicyclic) bond motifs is 2. The van der Waals surface area contributed by atoms with Gasteiger partial charge in [0.05, 0.1) is 50.0 Å². The van der Waals surface area contributed by atoms with Gasteiger partial charge in [-0.05, 0) is 56.7 Å². The molecule has 10 heteroatoms. The fraction of sp³-hybridized carbons (Fsp3) is 0.333. The van der Waals surface area contributed by atoms with E-state index in [4.69, 9.17) is 24.2 Å². The molecule has 0 spiro atoms. The number of nitrogens with one attached hydrogen (secondary N) is 2. The van der Waals surface area contributed by atoms with E-state index in [1.54, 1.807) is 12.4 Å². The normalized spacial score (nSPS) is 15.9. The first-order chi connectivity index (χ1) is 19.7. The molecule has 0 saturated carbocycles. The van der Waals surface area contributed by atoms with E-state index in [0.29, 0.717) is 30.9 Å². The number of benzene rings is 2. The lowest BCUT2D eigenvalue weighted by Crippen LogP contribution is -2.44. The molecule has 1 atom stereocenters. The first kappa shape index (κ1) is 26.0. The second-order valence-corrected chi connectivity index (χ2v) is 9.85. The zero-order valence-electron chi connectivity index (χ0n) is 22.8. The Balaban J connectivity index is 1.25. The smallest absolute Gasteiger partial charge is 0.162 e. The lowest BCUT2D eigenvalue weighted by atomic mass is 10.1. The summed E-state index contributed by atoms with van der Waals surface area (Å²) in [4.78, 5) is 16.7. The van der Waals surface area contributed by atoms with Crippen LogP contribution in [0, 0.1) is 0 Å². The molecule has 1 aliphatic rings. The van der Waals surface area contributed by atoms with Gasteiger partial charge in [0, 0.05) is 35.5 Å². The molecule has 0 aliphatic carbocycles. The van der Waals surface area contributed by atoms with Gasteiger partial charge in [0.15, 0.2) is 11.5 Å². The number of rotatable bonds is 10. The first-order valence-electron chi connectivity index (χ1n) is 13.7. The minimum Gasteiger partial charge on any atom is -0.494 e. The van der Waals surface area contributed by atoms with E-state index in [0.717, 1.165) is 77.4 Å². The van der Waals surface area contributed by atoms with E-state index in [1.165, 1.54) is 0 Å². The van der Waals surface area contributed by atoms with Crippen LogP contribution in [-0.2, 0) is 4.74 Å². The SMILES string of the molecule is CCOc1ccc2nc(-c3cccc(OCCCN4CCOCC4C)c3)nc(Nc3cnc4[nH]ncc4c3)c2c1. The molecule has 10 nitrogen and oxygen atoms in total. The van der Waals surface area contributed by atoms with Crippen molar-refractivity contribution in [1.82, 2.24) is 30.0 Å². The van der Waals surface area contributed by atoms with Crippen LogP contribution in [0.1, 0.15) is 20.3 Å². The standard InChI is InChI=1S/C30H33N7O3/c1-3-39-25-8-9-27-26(16-25)30(33-23-14-22-17-32-36-28(22)31-18-23)35-29(34-27)21-6-4-7-24(15-21)40-12-5-10-37-11-13-38-19-20(37)2/h4,6-9,14-18,20H,3,5,10-13,19H2,1-2H3,(H,31,32,36)(H,33,34,35). The van der Waals surface area contributed by atoms with Gasteiger partial charge in [0.25, 0.3) is 0 Å². The van der Waals surface area contributed by atoms with Crippen LogP contribution in [-0.4, -0.2) is 75.6 Å². The number of hydrogen-bond donors (Lipinski definition) is 2. The van der Waals surface area contributed by atoms with Crippen molar-refractivity contribution >= 4 is 33.4 Å². The van der Waals surface area contributed by atoms with Crippen LogP contribution in [0.25, 0.3) is 33.3 Å². The number of H-pyrrole nitrogens is 1. The minimum absolute atomic E-state index is 0.451. The molecule has 40 heavy (non-hydrogen) atoms. The van der Waals surface area contributed by atoms with Crippen molar-refractivity contribution < 1.29 is 14.2 Å². The van der Waals surface area contributed by atoms with Crippen LogP contribution >= 0.6 is 0 Å². The Kier molecular flexibility index (Phi) is 7.69. The van der Waals surface area contributed by atoms with Gasteiger partial charge in [0.1, 0.15) is 17.3 Å². The highest BCUT2D eigenvalue weighted by Crippen LogP contribution is 2.31. The summed E-state index contributed by atoms with van der Waals surface area (Å²) >= 11 is 0. The fourth-order valence-corrected chi connectivity index (χ4v) is 4.91. The largest absolute Gasteiger partial charge is 0.494 e. The summed E-state index contributed by atoms with van der Waals surface area (Å²) in [5, 5.41) is 12.2. The molecular formula is C30H33N7O3. The molecule has 1 fully saturated rings. The molecule has 5 aromatic rings. The third-order valence-electron chi connectivity index (χ3n) is 6.99. The molecule has 4 heterocycles. The fourth-order valence-electron chi connectivity index (χ4n) is 4.91. The number of pyridine rings is 1. The molecule has 206 valence electrons. The second-order valence-electron chi connectivity index (χ2n) is 9.85. The summed E-state index contributed by atoms with van der Waals surface area (Å²) in [6.07, 6.45) is 4.45. The number of morpholine rings is 1. The maximum absolute atomic E-state index is 6.12. The highest BCUT2D eigenvalue weighted by molar-refractivity contribution is 5.94. The van der Waals surface area contributed by atoms with Crippen LogP contribution < -0.4 is 14.8 Å². The van der Waals surface area contributed by atoms with E-state index in [1.807, 2.05) is 55.5 Å². The summed E-state index contributed by atoms with van der Waals surface area (Å²) in [7, 11) is 0. The van der Waals surface area contributed by atoms with Crippen LogP contribution in [0.5, 0.6) is 11.5 Å². The van der Waals surface area contributed by atoms with Crippen molar-refractivity contribution in [2.24, 2.45) is 0 Å². The summed E-state index contributed by atoms with van der Waals surface area (Å²) in [6, 6.07) is 16.2. The number of ether oxygens (including phenoxy) is 3. The number of nitrogens with zero attached hydrogens (tertiary/aromatic N) is 5. The zero-order chi connectivity index (χ0) is 27.3. The quantitative estimate of drug-likeness (QED) is 0.231. The van der Waals surface area contributed by atoms with E-state index in [-0.39, 0.29) is 0 Å². The lowest BCUT2D eigenvalue weighted by Gasteiger charge is -2.33. The number of hydrogen-bond acceptors (Lipinski definition) is 9. The maximum Gasteiger partial charge on any atom is 0.162 e. The van der Waals surface area contributed by atoms with Gasteiger partial charge in [-0.15, -0.1) is 0 Å². The highest BCUT2D eigenvalue weighted by atomic mass is 16.5. The van der Waals surface area contributed by atoms with E-state index in [2.05, 4.69) is 32.3 Å². The number of aromatic amines is 1. The van der Waals surface area contributed by atoms with Gasteiger partial charge in [-0.1, -0.05) is 12.1 Å². The molecular weight excluding hydrogens is 506 g/mol. The molecule has 0 bridgehead atoms. The molecule has 1 aliphatic heterocycles. The maximum atomic E-state index is 6.12. The Morgan fingerprint density at radius 2 is 2.00 bits per heavy atom. The van der Waals surface area contributed by atoms with Crippen molar-refractivity contribution in [3.8, 4) is 22.9 Å². The van der Waals surface area contributed by atoms with Gasteiger partial charge >= 0.3 is 0 Å². The van der Waals surface area contributed by atoms with Crippen LogP contribution in [0.3, 0.4) is 0 Å². The summed E-state index contributed by atoms with van der Waals surface area (Å²) < 4.78 is 17.4. The Hall–Kier alpha value is -4.28. The minimum atomic E-state index is 0.451. The molecule has 3 aromatic heterocycles. The van der Waals surface area contributed by atoms with Gasteiger partial charge in [-0.3, -0.25) is 10.00 Å².